The molecule has 4 atom stereocenters. The molecule has 4 bridgehead atoms. The first-order valence-electron chi connectivity index (χ1n) is 23.5. The highest BCUT2D eigenvalue weighted by Crippen LogP contribution is 2.40. The lowest BCUT2D eigenvalue weighted by Gasteiger charge is -2.22. The van der Waals surface area contributed by atoms with E-state index in [4.69, 9.17) is 0 Å². The number of hydrogen-bond donors (Lipinski definition) is 0. The van der Waals surface area contributed by atoms with Crippen molar-refractivity contribution >= 4 is 39.3 Å². The van der Waals surface area contributed by atoms with E-state index in [1.807, 2.05) is 24.3 Å². The van der Waals surface area contributed by atoms with Crippen LogP contribution in [0.2, 0.25) is 0 Å². The molecule has 68 heavy (non-hydrogen) atoms. The van der Waals surface area contributed by atoms with Gasteiger partial charge in [0.05, 0.1) is 40.6 Å². The molecule has 7 rings (SSSR count). The van der Waals surface area contributed by atoms with Crippen LogP contribution in [0.3, 0.4) is 0 Å². The van der Waals surface area contributed by atoms with Crippen LogP contribution in [0.4, 0.5) is 0 Å². The van der Waals surface area contributed by atoms with E-state index >= 15 is 0 Å². The summed E-state index contributed by atoms with van der Waals surface area (Å²) in [5.41, 5.74) is 2.14. The lowest BCUT2D eigenvalue weighted by Crippen LogP contribution is -2.17. The average molecular weight is 989 g/mol. The van der Waals surface area contributed by atoms with E-state index in [-0.39, 0.29) is 19.6 Å². The maximum absolute atomic E-state index is 14.4. The van der Waals surface area contributed by atoms with Gasteiger partial charge in [-0.2, -0.15) is 0 Å². The number of fused-ring (bicyclic) bond motifs is 4. The summed E-state index contributed by atoms with van der Waals surface area (Å²) in [6.07, 6.45) is 13.6. The summed E-state index contributed by atoms with van der Waals surface area (Å²) < 4.78 is 115. The van der Waals surface area contributed by atoms with Crippen molar-refractivity contribution in [3.05, 3.63) is 216 Å². The second-order valence-electron chi connectivity index (χ2n) is 17.4. The van der Waals surface area contributed by atoms with Gasteiger partial charge in [-0.25, -0.2) is 33.7 Å². The van der Waals surface area contributed by atoms with Crippen LogP contribution in [0.5, 0.6) is 0 Å². The summed E-state index contributed by atoms with van der Waals surface area (Å²) in [5.74, 6) is 0. The van der Waals surface area contributed by atoms with Gasteiger partial charge in [-0.3, -0.25) is 0 Å². The lowest BCUT2D eigenvalue weighted by atomic mass is 9.99. The van der Waals surface area contributed by atoms with Crippen molar-refractivity contribution in [1.29, 1.82) is 0 Å². The number of benzene rings is 6. The van der Waals surface area contributed by atoms with Crippen LogP contribution in [0.1, 0.15) is 120 Å². The Kier molecular flexibility index (Phi) is 17.3. The molecule has 6 aromatic rings. The van der Waals surface area contributed by atoms with Gasteiger partial charge in [-0.05, 0) is 148 Å². The minimum Gasteiger partial charge on any atom is -0.223 e. The molecule has 0 saturated heterocycles. The molecule has 12 heteroatoms. The molecular weight excluding hydrogens is 929 g/mol. The molecule has 6 aromatic carbocycles. The summed E-state index contributed by atoms with van der Waals surface area (Å²) >= 11 is 0. The Morgan fingerprint density at radius 2 is 0.471 bits per heavy atom. The Bertz CT molecular complexity index is 2670. The van der Waals surface area contributed by atoms with E-state index in [1.54, 1.807) is 170 Å². The van der Waals surface area contributed by atoms with Crippen molar-refractivity contribution in [2.24, 2.45) is 0 Å². The average Bonchev–Trinajstić information content (AvgIpc) is 3.35. The Balaban J connectivity index is 1.23. The van der Waals surface area contributed by atoms with Crippen LogP contribution in [-0.2, 0) is 39.3 Å². The molecular formula is C56H60O8S4. The monoisotopic (exact) mass is 988 g/mol. The SMILES string of the molecule is O=S(=O)(c1ccccc1)C1CCC/C=C/CCCC(S(=O)(=O)c2ccccc2)c2cccc(c2)C(S(=O)(=O)c2ccccc2)CCC/C=C/CCCC(S(=O)(=O)c2ccccc2)c2cccc1c2. The van der Waals surface area contributed by atoms with Crippen LogP contribution < -0.4 is 0 Å². The summed E-state index contributed by atoms with van der Waals surface area (Å²) in [7, 11) is -15.5. The topological polar surface area (TPSA) is 137 Å². The molecule has 8 nitrogen and oxygen atoms in total. The zero-order valence-corrected chi connectivity index (χ0v) is 41.4. The predicted molar refractivity (Wildman–Crippen MR) is 272 cm³/mol. The van der Waals surface area contributed by atoms with Crippen LogP contribution in [0, 0.1) is 0 Å². The fourth-order valence-electron chi connectivity index (χ4n) is 9.18. The molecule has 0 aromatic heterocycles. The van der Waals surface area contributed by atoms with Gasteiger partial charge >= 0.3 is 0 Å². The Labute approximate surface area is 404 Å². The summed E-state index contributed by atoms with van der Waals surface area (Å²) in [5, 5.41) is -3.72. The van der Waals surface area contributed by atoms with Gasteiger partial charge in [0.1, 0.15) is 0 Å². The van der Waals surface area contributed by atoms with Crippen LogP contribution in [0.25, 0.3) is 0 Å². The van der Waals surface area contributed by atoms with E-state index in [9.17, 15) is 33.7 Å². The van der Waals surface area contributed by atoms with E-state index < -0.39 is 60.3 Å². The lowest BCUT2D eigenvalue weighted by molar-refractivity contribution is 0.565. The van der Waals surface area contributed by atoms with Gasteiger partial charge in [0.2, 0.25) is 0 Å². The Hall–Kier alpha value is -5.40. The minimum atomic E-state index is -3.89. The fraction of sp³-hybridized carbons (Fsp3) is 0.286. The van der Waals surface area contributed by atoms with Gasteiger partial charge in [0.25, 0.3) is 0 Å². The molecule has 0 amide bonds. The van der Waals surface area contributed by atoms with E-state index in [1.165, 1.54) is 0 Å². The third-order valence-electron chi connectivity index (χ3n) is 12.8. The van der Waals surface area contributed by atoms with Gasteiger partial charge in [0, 0.05) is 0 Å². The smallest absolute Gasteiger partial charge is 0.185 e. The number of allylic oxidation sites excluding steroid dienone is 4. The molecule has 356 valence electrons. The second kappa shape index (κ2) is 23.3. The summed E-state index contributed by atoms with van der Waals surface area (Å²) in [4.78, 5) is 0.795. The highest BCUT2D eigenvalue weighted by atomic mass is 32.2. The standard InChI is InChI=1S/C56H60O8S4/c57-65(58,49-31-13-9-14-32-49)53-39-21-5-1-2-6-22-40-54(66(59,60)50-33-15-10-16-34-50)46-28-26-30-48(44-46)56(68(63,64)52-37-19-12-20-38-52)42-24-8-4-3-7-23-41-55(47-29-25-27-45(53)43-47)67(61,62)51-35-17-11-18-36-51/h1-4,9-20,25-38,43-44,53-56H,5-8,21-24,39-42H2/b2-1+,4-3+. The number of hydrogen-bond acceptors (Lipinski definition) is 8. The largest absolute Gasteiger partial charge is 0.223 e. The van der Waals surface area contributed by atoms with Crippen molar-refractivity contribution in [2.45, 2.75) is 118 Å². The summed E-state index contributed by atoms with van der Waals surface area (Å²) in [6.45, 7) is 0. The molecule has 4 unspecified atom stereocenters. The molecule has 1 aliphatic carbocycles. The highest BCUT2D eigenvalue weighted by molar-refractivity contribution is 7.92. The fourth-order valence-corrected chi connectivity index (χ4v) is 16.6. The molecule has 0 saturated carbocycles. The zero-order valence-electron chi connectivity index (χ0n) is 38.2. The predicted octanol–water partition coefficient (Wildman–Crippen LogP) is 13.3. The first-order chi connectivity index (χ1) is 32.8. The molecule has 0 radical (unpaired) electrons. The molecule has 0 fully saturated rings. The van der Waals surface area contributed by atoms with Crippen molar-refractivity contribution in [1.82, 2.24) is 0 Å². The molecule has 0 aliphatic heterocycles. The first-order valence-corrected chi connectivity index (χ1v) is 29.7. The van der Waals surface area contributed by atoms with Crippen molar-refractivity contribution < 1.29 is 33.7 Å². The molecule has 0 N–H and O–H groups in total. The van der Waals surface area contributed by atoms with Crippen LogP contribution >= 0.6 is 0 Å². The highest BCUT2D eigenvalue weighted by Gasteiger charge is 2.34. The van der Waals surface area contributed by atoms with Gasteiger partial charge in [-0.15, -0.1) is 0 Å². The molecule has 0 heterocycles. The van der Waals surface area contributed by atoms with Crippen molar-refractivity contribution in [2.75, 3.05) is 0 Å². The number of sulfone groups is 4. The van der Waals surface area contributed by atoms with Crippen molar-refractivity contribution in [3.8, 4) is 0 Å². The third kappa shape index (κ3) is 12.2. The number of rotatable bonds is 8. The quantitative estimate of drug-likeness (QED) is 0.138. The molecule has 1 aliphatic rings. The molecule has 0 spiro atoms. The summed E-state index contributed by atoms with van der Waals surface area (Å²) in [6, 6.07) is 47.6. The third-order valence-corrected chi connectivity index (χ3v) is 21.5. The normalized spacial score (nSPS) is 20.9. The van der Waals surface area contributed by atoms with E-state index in [2.05, 4.69) is 0 Å². The maximum Gasteiger partial charge on any atom is 0.185 e. The Morgan fingerprint density at radius 3 is 0.676 bits per heavy atom. The van der Waals surface area contributed by atoms with Crippen molar-refractivity contribution in [3.63, 3.8) is 0 Å². The minimum absolute atomic E-state index is 0.199. The maximum atomic E-state index is 14.4. The van der Waals surface area contributed by atoms with E-state index in [0.717, 1.165) is 0 Å². The Morgan fingerprint density at radius 1 is 0.265 bits per heavy atom. The first kappa shape index (κ1) is 50.5. The van der Waals surface area contributed by atoms with Crippen LogP contribution in [-0.4, -0.2) is 33.7 Å². The van der Waals surface area contributed by atoms with Gasteiger partial charge in [0.15, 0.2) is 39.3 Å². The second-order valence-corrected chi connectivity index (χ2v) is 25.9. The van der Waals surface area contributed by atoms with Crippen LogP contribution in [0.15, 0.2) is 214 Å². The van der Waals surface area contributed by atoms with E-state index in [0.29, 0.717) is 99.3 Å². The zero-order chi connectivity index (χ0) is 48.0. The van der Waals surface area contributed by atoms with Gasteiger partial charge in [-0.1, -0.05) is 146 Å². The van der Waals surface area contributed by atoms with Gasteiger partial charge < -0.3 is 0 Å².